The van der Waals surface area contributed by atoms with Crippen molar-refractivity contribution in [1.82, 2.24) is 0 Å². The lowest BCUT2D eigenvalue weighted by Crippen LogP contribution is -2.34. The van der Waals surface area contributed by atoms with E-state index in [2.05, 4.69) is 30.5 Å². The van der Waals surface area contributed by atoms with Gasteiger partial charge in [0.25, 0.3) is 0 Å². The molecule has 0 aromatic carbocycles. The van der Waals surface area contributed by atoms with Crippen LogP contribution in [0.5, 0.6) is 0 Å². The van der Waals surface area contributed by atoms with E-state index < -0.39 is 51.1 Å². The van der Waals surface area contributed by atoms with E-state index >= 15 is 0 Å². The van der Waals surface area contributed by atoms with Gasteiger partial charge in [-0.15, -0.1) is 0 Å². The molecule has 0 aromatic heterocycles. The van der Waals surface area contributed by atoms with Crippen molar-refractivity contribution in [2.45, 2.75) is 206 Å². The highest BCUT2D eigenvalue weighted by atomic mass is 31.2. The first-order chi connectivity index (χ1) is 25.1. The van der Waals surface area contributed by atoms with Crippen LogP contribution in [0.3, 0.4) is 0 Å². The van der Waals surface area contributed by atoms with Crippen molar-refractivity contribution in [2.75, 3.05) is 19.8 Å². The van der Waals surface area contributed by atoms with Gasteiger partial charge in [0.15, 0.2) is 6.10 Å². The fourth-order valence-electron chi connectivity index (χ4n) is 5.71. The molecular weight excluding hydrogens is 685 g/mol. The number of carbonyl (C=O) groups is 3. The van der Waals surface area contributed by atoms with E-state index in [1.54, 1.807) is 0 Å². The van der Waals surface area contributed by atoms with E-state index in [-0.39, 0.29) is 19.4 Å². The number of esters is 2. The molecule has 3 atom stereocenters. The Morgan fingerprint density at radius 2 is 0.962 bits per heavy atom. The lowest BCUT2D eigenvalue weighted by atomic mass is 10.0. The molecule has 12 heteroatoms. The number of unbranched alkanes of at least 4 members (excludes halogenated alkanes) is 23. The minimum Gasteiger partial charge on any atom is -0.480 e. The van der Waals surface area contributed by atoms with Crippen LogP contribution >= 0.6 is 7.82 Å². The molecule has 0 spiro atoms. The standard InChI is InChI=1S/C40H76NO10P/c1-3-5-7-9-11-13-15-17-18-19-20-22-23-25-27-29-31-38(42)48-33-36(34-49-52(46,47)50-35-37(41)40(44)45)51-39(43)32-30-28-26-24-21-16-14-12-10-8-6-4-2/h12,14,36-37H,3-11,13,15-35,41H2,1-2H3,(H,44,45)(H,46,47)/b14-12-/t36-,37+/m1/s1. The lowest BCUT2D eigenvalue weighted by molar-refractivity contribution is -0.161. The first-order valence-electron chi connectivity index (χ1n) is 20.7. The van der Waals surface area contributed by atoms with E-state index in [0.29, 0.717) is 12.8 Å². The van der Waals surface area contributed by atoms with Gasteiger partial charge in [-0.05, 0) is 38.5 Å². The Bertz CT molecular complexity index is 947. The van der Waals surface area contributed by atoms with Gasteiger partial charge in [-0.3, -0.25) is 23.4 Å². The number of hydrogen-bond donors (Lipinski definition) is 3. The highest BCUT2D eigenvalue weighted by Crippen LogP contribution is 2.43. The van der Waals surface area contributed by atoms with Crippen LogP contribution in [-0.2, 0) is 37.5 Å². The lowest BCUT2D eigenvalue weighted by Gasteiger charge is -2.20. The fraction of sp³-hybridized carbons (Fsp3) is 0.875. The Morgan fingerprint density at radius 3 is 1.44 bits per heavy atom. The predicted octanol–water partition coefficient (Wildman–Crippen LogP) is 10.5. The molecule has 11 nitrogen and oxygen atoms in total. The molecular formula is C40H76NO10P. The van der Waals surface area contributed by atoms with Crippen molar-refractivity contribution in [3.63, 3.8) is 0 Å². The number of aliphatic carboxylic acids is 1. The fourth-order valence-corrected chi connectivity index (χ4v) is 6.48. The number of carbonyl (C=O) groups excluding carboxylic acids is 2. The summed E-state index contributed by atoms with van der Waals surface area (Å²) in [5, 5.41) is 8.87. The molecule has 0 saturated heterocycles. The van der Waals surface area contributed by atoms with Crippen LogP contribution in [0.4, 0.5) is 0 Å². The van der Waals surface area contributed by atoms with Crippen molar-refractivity contribution in [1.29, 1.82) is 0 Å². The van der Waals surface area contributed by atoms with Crippen molar-refractivity contribution < 1.29 is 47.5 Å². The first-order valence-corrected chi connectivity index (χ1v) is 22.2. The summed E-state index contributed by atoms with van der Waals surface area (Å²) in [6.07, 6.45) is 34.2. The van der Waals surface area contributed by atoms with Gasteiger partial charge in [0.2, 0.25) is 0 Å². The molecule has 0 aliphatic carbocycles. The molecule has 0 saturated carbocycles. The molecule has 306 valence electrons. The normalized spacial score (nSPS) is 13.9. The van der Waals surface area contributed by atoms with Gasteiger partial charge in [-0.1, -0.05) is 154 Å². The molecule has 1 unspecified atom stereocenters. The molecule has 0 amide bonds. The summed E-state index contributed by atoms with van der Waals surface area (Å²) in [6, 6.07) is -1.52. The zero-order valence-electron chi connectivity index (χ0n) is 32.9. The maximum atomic E-state index is 12.6. The summed E-state index contributed by atoms with van der Waals surface area (Å²) >= 11 is 0. The summed E-state index contributed by atoms with van der Waals surface area (Å²) in [5.74, 6) is -2.38. The monoisotopic (exact) mass is 762 g/mol. The highest BCUT2D eigenvalue weighted by Gasteiger charge is 2.28. The summed E-state index contributed by atoms with van der Waals surface area (Å²) < 4.78 is 32.6. The van der Waals surface area contributed by atoms with Crippen LogP contribution in [0.15, 0.2) is 12.2 Å². The van der Waals surface area contributed by atoms with Crippen molar-refractivity contribution in [3.8, 4) is 0 Å². The van der Waals surface area contributed by atoms with Crippen molar-refractivity contribution >= 4 is 25.7 Å². The Morgan fingerprint density at radius 1 is 0.577 bits per heavy atom. The van der Waals surface area contributed by atoms with Gasteiger partial charge in [-0.25, -0.2) is 4.57 Å². The number of carboxylic acids is 1. The molecule has 0 aliphatic heterocycles. The minimum atomic E-state index is -4.71. The Hall–Kier alpha value is -1.78. The van der Waals surface area contributed by atoms with E-state index in [1.165, 1.54) is 96.3 Å². The van der Waals surface area contributed by atoms with E-state index in [0.717, 1.165) is 57.8 Å². The Balaban J connectivity index is 4.35. The molecule has 52 heavy (non-hydrogen) atoms. The Labute approximate surface area is 316 Å². The van der Waals surface area contributed by atoms with Crippen molar-refractivity contribution in [3.05, 3.63) is 12.2 Å². The molecule has 0 rings (SSSR count). The minimum absolute atomic E-state index is 0.154. The molecule has 0 radical (unpaired) electrons. The number of nitrogens with two attached hydrogens (primary N) is 1. The maximum Gasteiger partial charge on any atom is 0.472 e. The van der Waals surface area contributed by atoms with Gasteiger partial charge < -0.3 is 25.2 Å². The van der Waals surface area contributed by atoms with Gasteiger partial charge in [0.1, 0.15) is 12.6 Å². The Kier molecular flexibility index (Phi) is 35.0. The van der Waals surface area contributed by atoms with Gasteiger partial charge >= 0.3 is 25.7 Å². The second kappa shape index (κ2) is 36.2. The van der Waals surface area contributed by atoms with Crippen LogP contribution in [-0.4, -0.2) is 59.9 Å². The summed E-state index contributed by atoms with van der Waals surface area (Å²) in [5.41, 5.74) is 5.32. The van der Waals surface area contributed by atoms with E-state index in [1.807, 2.05) is 0 Å². The second-order valence-electron chi connectivity index (χ2n) is 14.1. The molecule has 4 N–H and O–H groups in total. The number of hydrogen-bond acceptors (Lipinski definition) is 9. The number of phosphoric ester groups is 1. The molecule has 0 heterocycles. The first kappa shape index (κ1) is 50.2. The third-order valence-corrected chi connectivity index (χ3v) is 9.96. The van der Waals surface area contributed by atoms with Crippen LogP contribution in [0.2, 0.25) is 0 Å². The number of phosphoric acid groups is 1. The van der Waals surface area contributed by atoms with Crippen LogP contribution in [0, 0.1) is 0 Å². The number of carboxylic acid groups (broad SMARTS) is 1. The van der Waals surface area contributed by atoms with Gasteiger partial charge in [0.05, 0.1) is 13.2 Å². The second-order valence-corrected chi connectivity index (χ2v) is 15.6. The topological polar surface area (TPSA) is 172 Å². The van der Waals surface area contributed by atoms with Gasteiger partial charge in [-0.2, -0.15) is 0 Å². The maximum absolute atomic E-state index is 12.6. The number of ether oxygens (including phenoxy) is 2. The van der Waals surface area contributed by atoms with E-state index in [9.17, 15) is 23.8 Å². The van der Waals surface area contributed by atoms with Crippen LogP contribution in [0.1, 0.15) is 194 Å². The molecule has 0 fully saturated rings. The third kappa shape index (κ3) is 35.3. The SMILES string of the molecule is CCCCC/C=C\CCCCCCCC(=O)O[C@H](COC(=O)CCCCCCCCCCCCCCCCCC)COP(=O)(O)OC[C@H](N)C(=O)O. The summed E-state index contributed by atoms with van der Waals surface area (Å²) in [6.45, 7) is 2.78. The molecule has 0 aliphatic rings. The highest BCUT2D eigenvalue weighted by molar-refractivity contribution is 7.47. The largest absolute Gasteiger partial charge is 0.480 e. The van der Waals surface area contributed by atoms with Crippen LogP contribution < -0.4 is 5.73 Å². The summed E-state index contributed by atoms with van der Waals surface area (Å²) in [4.78, 5) is 45.8. The molecule has 0 bridgehead atoms. The molecule has 0 aromatic rings. The van der Waals surface area contributed by atoms with Gasteiger partial charge in [0, 0.05) is 12.8 Å². The zero-order chi connectivity index (χ0) is 38.5. The smallest absolute Gasteiger partial charge is 0.472 e. The van der Waals surface area contributed by atoms with Crippen LogP contribution in [0.25, 0.3) is 0 Å². The third-order valence-electron chi connectivity index (χ3n) is 9.01. The summed E-state index contributed by atoms with van der Waals surface area (Å²) in [7, 11) is -4.71. The van der Waals surface area contributed by atoms with Crippen molar-refractivity contribution in [2.24, 2.45) is 5.73 Å². The number of rotatable bonds is 39. The quantitative estimate of drug-likeness (QED) is 0.0235. The zero-order valence-corrected chi connectivity index (χ0v) is 33.8. The predicted molar refractivity (Wildman–Crippen MR) is 208 cm³/mol. The number of allylic oxidation sites excluding steroid dienone is 2. The average molecular weight is 762 g/mol. The van der Waals surface area contributed by atoms with E-state index in [4.69, 9.17) is 24.8 Å². The average Bonchev–Trinajstić information content (AvgIpc) is 3.12.